The zero-order valence-electron chi connectivity index (χ0n) is 30.9. The molecule has 0 amide bonds. The molecule has 0 atom stereocenters. The minimum Gasteiger partial charge on any atom is -0.453 e. The SMILES string of the molecule is c1ccc(-c2ccc3c(c2)c2cc(-c4ccccc4)ccc2n3-c2cccc(-c3ccc(-c4cccc5c6cccc7c6n(c45)-c4ccccc4O7)cc3)c2)cc1. The summed E-state index contributed by atoms with van der Waals surface area (Å²) in [6.45, 7) is 0. The lowest BCUT2D eigenvalue weighted by Gasteiger charge is -2.21. The van der Waals surface area contributed by atoms with Crippen molar-refractivity contribution in [2.45, 2.75) is 0 Å². The number of benzene rings is 9. The number of ether oxygens (including phenoxy) is 1. The van der Waals surface area contributed by atoms with Gasteiger partial charge in [-0.25, -0.2) is 0 Å². The largest absolute Gasteiger partial charge is 0.453 e. The average molecular weight is 727 g/mol. The van der Waals surface area contributed by atoms with Crippen LogP contribution < -0.4 is 4.74 Å². The molecule has 57 heavy (non-hydrogen) atoms. The minimum atomic E-state index is 0.872. The molecule has 3 nitrogen and oxygen atoms in total. The van der Waals surface area contributed by atoms with Crippen LogP contribution in [0.3, 0.4) is 0 Å². The monoisotopic (exact) mass is 726 g/mol. The Hall–Kier alpha value is -7.62. The molecule has 12 rings (SSSR count). The van der Waals surface area contributed by atoms with Gasteiger partial charge in [-0.1, -0.05) is 152 Å². The van der Waals surface area contributed by atoms with Crippen molar-refractivity contribution in [3.63, 3.8) is 0 Å². The van der Waals surface area contributed by atoms with Crippen molar-refractivity contribution in [2.75, 3.05) is 0 Å². The fraction of sp³-hybridized carbons (Fsp3) is 0. The zero-order valence-corrected chi connectivity index (χ0v) is 30.9. The lowest BCUT2D eigenvalue weighted by Crippen LogP contribution is -2.04. The molecule has 0 bridgehead atoms. The molecule has 0 unspecified atom stereocenters. The average Bonchev–Trinajstić information content (AvgIpc) is 3.81. The van der Waals surface area contributed by atoms with E-state index in [1.165, 1.54) is 82.6 Å². The van der Waals surface area contributed by atoms with Gasteiger partial charge in [0.1, 0.15) is 0 Å². The number of fused-ring (bicyclic) bond motifs is 8. The predicted molar refractivity (Wildman–Crippen MR) is 237 cm³/mol. The summed E-state index contributed by atoms with van der Waals surface area (Å²) in [5, 5.41) is 4.90. The fourth-order valence-corrected chi connectivity index (χ4v) is 9.08. The van der Waals surface area contributed by atoms with Gasteiger partial charge in [-0.05, 0) is 93.5 Å². The minimum absolute atomic E-state index is 0.872. The number of nitrogens with zero attached hydrogens (tertiary/aromatic N) is 2. The van der Waals surface area contributed by atoms with E-state index in [0.717, 1.165) is 28.4 Å². The van der Waals surface area contributed by atoms with Gasteiger partial charge in [0.05, 0.1) is 27.8 Å². The first-order chi connectivity index (χ1) is 28.3. The van der Waals surface area contributed by atoms with Gasteiger partial charge in [-0.2, -0.15) is 0 Å². The van der Waals surface area contributed by atoms with E-state index in [4.69, 9.17) is 4.74 Å². The molecule has 2 aromatic heterocycles. The van der Waals surface area contributed by atoms with Crippen molar-refractivity contribution in [3.8, 4) is 67.4 Å². The summed E-state index contributed by atoms with van der Waals surface area (Å²) < 4.78 is 11.2. The van der Waals surface area contributed by atoms with Crippen molar-refractivity contribution in [2.24, 2.45) is 0 Å². The second-order valence-electron chi connectivity index (χ2n) is 14.9. The molecule has 11 aromatic rings. The molecular weight excluding hydrogens is 693 g/mol. The maximum atomic E-state index is 6.40. The molecule has 266 valence electrons. The predicted octanol–water partition coefficient (Wildman–Crippen LogP) is 14.7. The van der Waals surface area contributed by atoms with Gasteiger partial charge in [-0.15, -0.1) is 0 Å². The summed E-state index contributed by atoms with van der Waals surface area (Å²) in [7, 11) is 0. The molecule has 1 aliphatic heterocycles. The van der Waals surface area contributed by atoms with E-state index in [2.05, 4.69) is 209 Å². The Morgan fingerprint density at radius 2 is 0.807 bits per heavy atom. The maximum absolute atomic E-state index is 6.40. The first-order valence-corrected chi connectivity index (χ1v) is 19.5. The fourth-order valence-electron chi connectivity index (χ4n) is 9.08. The third-order valence-corrected chi connectivity index (χ3v) is 11.7. The molecule has 0 saturated heterocycles. The van der Waals surface area contributed by atoms with Gasteiger partial charge < -0.3 is 13.9 Å². The first-order valence-electron chi connectivity index (χ1n) is 19.5. The lowest BCUT2D eigenvalue weighted by atomic mass is 9.98. The maximum Gasteiger partial charge on any atom is 0.152 e. The number of rotatable bonds is 5. The number of hydrogen-bond acceptors (Lipinski definition) is 1. The summed E-state index contributed by atoms with van der Waals surface area (Å²) in [4.78, 5) is 0. The standard InChI is InChI=1S/C54H34N2O/c1-3-12-35(13-4-1)40-28-30-48-46(33-40)47-34-41(36-14-5-2-6-15-36)29-31-49(47)55(48)42-17-9-16-39(32-42)37-24-26-38(27-25-37)43-18-10-19-44-45-20-11-23-52-54(45)56(53(43)44)50-21-7-8-22-51(50)57-52/h1-34H. The quantitative estimate of drug-likeness (QED) is 0.173. The molecule has 0 aliphatic carbocycles. The summed E-state index contributed by atoms with van der Waals surface area (Å²) in [6.07, 6.45) is 0. The Kier molecular flexibility index (Phi) is 6.93. The van der Waals surface area contributed by atoms with Crippen LogP contribution in [0.5, 0.6) is 11.5 Å². The Labute approximate surface area is 329 Å². The van der Waals surface area contributed by atoms with E-state index in [0.29, 0.717) is 0 Å². The smallest absolute Gasteiger partial charge is 0.152 e. The lowest BCUT2D eigenvalue weighted by molar-refractivity contribution is 0.476. The second-order valence-corrected chi connectivity index (χ2v) is 14.9. The van der Waals surface area contributed by atoms with Gasteiger partial charge in [0.25, 0.3) is 0 Å². The Morgan fingerprint density at radius 1 is 0.298 bits per heavy atom. The van der Waals surface area contributed by atoms with E-state index in [-0.39, 0.29) is 0 Å². The van der Waals surface area contributed by atoms with Crippen LogP contribution in [0.2, 0.25) is 0 Å². The van der Waals surface area contributed by atoms with Crippen molar-refractivity contribution < 1.29 is 4.74 Å². The van der Waals surface area contributed by atoms with Crippen LogP contribution in [0.15, 0.2) is 206 Å². The molecule has 0 radical (unpaired) electrons. The number of aromatic nitrogens is 2. The van der Waals surface area contributed by atoms with Gasteiger partial charge in [0.15, 0.2) is 11.5 Å². The van der Waals surface area contributed by atoms with E-state index in [9.17, 15) is 0 Å². The van der Waals surface area contributed by atoms with Gasteiger partial charge >= 0.3 is 0 Å². The molecule has 0 N–H and O–H groups in total. The topological polar surface area (TPSA) is 19.1 Å². The summed E-state index contributed by atoms with van der Waals surface area (Å²) in [6, 6.07) is 74.5. The molecule has 0 spiro atoms. The zero-order chi connectivity index (χ0) is 37.5. The van der Waals surface area contributed by atoms with Crippen LogP contribution in [0.25, 0.3) is 99.5 Å². The molecule has 0 fully saturated rings. The highest BCUT2D eigenvalue weighted by molar-refractivity contribution is 6.16. The highest BCUT2D eigenvalue weighted by atomic mass is 16.5. The molecule has 1 aliphatic rings. The van der Waals surface area contributed by atoms with Crippen molar-refractivity contribution in [3.05, 3.63) is 206 Å². The van der Waals surface area contributed by atoms with Gasteiger partial charge in [0.2, 0.25) is 0 Å². The van der Waals surface area contributed by atoms with E-state index >= 15 is 0 Å². The first kappa shape index (κ1) is 31.7. The Morgan fingerprint density at radius 3 is 1.51 bits per heavy atom. The van der Waals surface area contributed by atoms with Crippen LogP contribution in [0.1, 0.15) is 0 Å². The van der Waals surface area contributed by atoms with Gasteiger partial charge in [-0.3, -0.25) is 0 Å². The van der Waals surface area contributed by atoms with Crippen LogP contribution in [-0.4, -0.2) is 9.13 Å². The molecular formula is C54H34N2O. The van der Waals surface area contributed by atoms with E-state index in [1.54, 1.807) is 0 Å². The molecule has 0 saturated carbocycles. The highest BCUT2D eigenvalue weighted by Crippen LogP contribution is 2.47. The Bertz CT molecular complexity index is 3260. The Balaban J connectivity index is 0.980. The van der Waals surface area contributed by atoms with Crippen molar-refractivity contribution >= 4 is 43.6 Å². The van der Waals surface area contributed by atoms with E-state index in [1.807, 2.05) is 6.07 Å². The molecule has 3 heteroatoms. The second kappa shape index (κ2) is 12.5. The number of para-hydroxylation sites is 4. The van der Waals surface area contributed by atoms with E-state index < -0.39 is 0 Å². The third kappa shape index (κ3) is 4.92. The summed E-state index contributed by atoms with van der Waals surface area (Å²) >= 11 is 0. The number of hydrogen-bond donors (Lipinski definition) is 0. The van der Waals surface area contributed by atoms with Crippen molar-refractivity contribution in [1.82, 2.24) is 9.13 Å². The normalized spacial score (nSPS) is 12.0. The third-order valence-electron chi connectivity index (χ3n) is 11.7. The summed E-state index contributed by atoms with van der Waals surface area (Å²) in [5.74, 6) is 1.76. The van der Waals surface area contributed by atoms with Crippen LogP contribution >= 0.6 is 0 Å². The van der Waals surface area contributed by atoms with Crippen LogP contribution in [0, 0.1) is 0 Å². The molecule has 9 aromatic carbocycles. The summed E-state index contributed by atoms with van der Waals surface area (Å²) in [5.41, 5.74) is 16.5. The molecule has 3 heterocycles. The van der Waals surface area contributed by atoms with Crippen LogP contribution in [-0.2, 0) is 0 Å². The van der Waals surface area contributed by atoms with Crippen LogP contribution in [0.4, 0.5) is 0 Å². The highest BCUT2D eigenvalue weighted by Gasteiger charge is 2.25. The van der Waals surface area contributed by atoms with Crippen molar-refractivity contribution in [1.29, 1.82) is 0 Å². The van der Waals surface area contributed by atoms with Gasteiger partial charge in [0, 0.05) is 32.8 Å².